The lowest BCUT2D eigenvalue weighted by molar-refractivity contribution is 0.0467. The average Bonchev–Trinajstić information content (AvgIpc) is 2.69. The molecular formula is C20H19N3O4. The van der Waals surface area contributed by atoms with E-state index in [1.165, 1.54) is 0 Å². The molecular weight excluding hydrogens is 346 g/mol. The number of hydrogen-bond acceptors (Lipinski definition) is 7. The molecule has 2 aromatic heterocycles. The molecule has 0 atom stereocenters. The van der Waals surface area contributed by atoms with Gasteiger partial charge in [0, 0.05) is 5.39 Å². The summed E-state index contributed by atoms with van der Waals surface area (Å²) in [4.78, 5) is 28.3. The summed E-state index contributed by atoms with van der Waals surface area (Å²) in [6.07, 6.45) is 0. The number of hydrogen-bond donors (Lipinski definition) is 0. The largest absolute Gasteiger partial charge is 0.461 e. The Labute approximate surface area is 156 Å². The summed E-state index contributed by atoms with van der Waals surface area (Å²) < 4.78 is 10.3. The number of fused-ring (bicyclic) bond motifs is 1. The maximum absolute atomic E-state index is 12.4. The first kappa shape index (κ1) is 18.4. The zero-order chi connectivity index (χ0) is 19.4. The van der Waals surface area contributed by atoms with Crippen molar-refractivity contribution in [1.29, 1.82) is 0 Å². The first-order chi connectivity index (χ1) is 13.0. The molecule has 0 radical (unpaired) electrons. The third-order valence-electron chi connectivity index (χ3n) is 4.13. The van der Waals surface area contributed by atoms with Gasteiger partial charge in [-0.3, -0.25) is 0 Å². The summed E-state index contributed by atoms with van der Waals surface area (Å²) in [7, 11) is 0. The Bertz CT molecular complexity index is 1020. The van der Waals surface area contributed by atoms with Gasteiger partial charge in [0.1, 0.15) is 12.3 Å². The molecule has 7 nitrogen and oxygen atoms in total. The number of ether oxygens (including phenoxy) is 2. The first-order valence-electron chi connectivity index (χ1n) is 8.53. The molecule has 1 aromatic carbocycles. The summed E-state index contributed by atoms with van der Waals surface area (Å²) in [5, 5.41) is 9.06. The van der Waals surface area contributed by atoms with Crippen LogP contribution in [0, 0.1) is 13.8 Å². The van der Waals surface area contributed by atoms with Gasteiger partial charge in [0.05, 0.1) is 29.1 Å². The molecule has 0 spiro atoms. The normalized spacial score (nSPS) is 10.6. The molecule has 0 saturated heterocycles. The molecule has 0 unspecified atom stereocenters. The number of rotatable bonds is 5. The predicted octanol–water partition coefficient (Wildman–Crippen LogP) is 3.18. The van der Waals surface area contributed by atoms with E-state index in [0.29, 0.717) is 11.3 Å². The molecule has 0 fully saturated rings. The first-order valence-corrected chi connectivity index (χ1v) is 8.53. The Balaban J connectivity index is 1.74. The van der Waals surface area contributed by atoms with Crippen LogP contribution in [0.4, 0.5) is 0 Å². The van der Waals surface area contributed by atoms with Crippen molar-refractivity contribution in [1.82, 2.24) is 15.2 Å². The van der Waals surface area contributed by atoms with Crippen molar-refractivity contribution in [2.75, 3.05) is 6.61 Å². The van der Waals surface area contributed by atoms with E-state index < -0.39 is 11.9 Å². The van der Waals surface area contributed by atoms with Gasteiger partial charge in [0.25, 0.3) is 0 Å². The van der Waals surface area contributed by atoms with E-state index >= 15 is 0 Å². The highest BCUT2D eigenvalue weighted by Gasteiger charge is 2.13. The fourth-order valence-electron chi connectivity index (χ4n) is 2.55. The summed E-state index contributed by atoms with van der Waals surface area (Å²) in [5.41, 5.74) is 3.57. The van der Waals surface area contributed by atoms with Gasteiger partial charge in [-0.25, -0.2) is 14.6 Å². The molecule has 27 heavy (non-hydrogen) atoms. The molecule has 2 heterocycles. The molecule has 138 valence electrons. The fourth-order valence-corrected chi connectivity index (χ4v) is 2.55. The number of aryl methyl sites for hydroxylation is 2. The Kier molecular flexibility index (Phi) is 5.40. The Hall–Kier alpha value is -3.35. The standard InChI is InChI=1S/C20H19N3O4/c1-4-26-20(25)18-7-5-6-15(21-18)11-27-19(24)14-8-9-17-16(10-14)12(2)13(3)22-23-17/h5-10H,4,11H2,1-3H3. The van der Waals surface area contributed by atoms with Crippen molar-refractivity contribution in [3.05, 3.63) is 64.6 Å². The SMILES string of the molecule is CCOC(=O)c1cccc(COC(=O)c2ccc3nnc(C)c(C)c3c2)n1. The minimum atomic E-state index is -0.507. The van der Waals surface area contributed by atoms with E-state index in [0.717, 1.165) is 22.2 Å². The molecule has 0 amide bonds. The van der Waals surface area contributed by atoms with Crippen molar-refractivity contribution in [2.24, 2.45) is 0 Å². The van der Waals surface area contributed by atoms with Crippen LogP contribution < -0.4 is 0 Å². The lowest BCUT2D eigenvalue weighted by atomic mass is 10.1. The van der Waals surface area contributed by atoms with E-state index in [1.807, 2.05) is 13.8 Å². The van der Waals surface area contributed by atoms with E-state index in [4.69, 9.17) is 9.47 Å². The van der Waals surface area contributed by atoms with Crippen LogP contribution in [0.5, 0.6) is 0 Å². The number of aromatic nitrogens is 3. The highest BCUT2D eigenvalue weighted by atomic mass is 16.5. The molecule has 0 aliphatic heterocycles. The maximum Gasteiger partial charge on any atom is 0.356 e. The number of nitrogens with zero attached hydrogens (tertiary/aromatic N) is 3. The summed E-state index contributed by atoms with van der Waals surface area (Å²) in [6, 6.07) is 10.0. The van der Waals surface area contributed by atoms with Crippen molar-refractivity contribution in [3.63, 3.8) is 0 Å². The summed E-state index contributed by atoms with van der Waals surface area (Å²) in [6.45, 7) is 5.75. The highest BCUT2D eigenvalue weighted by molar-refractivity contribution is 5.95. The Morgan fingerprint density at radius 3 is 2.59 bits per heavy atom. The minimum absolute atomic E-state index is 0.0449. The van der Waals surface area contributed by atoms with Crippen LogP contribution in [0.15, 0.2) is 36.4 Å². The van der Waals surface area contributed by atoms with Gasteiger partial charge < -0.3 is 9.47 Å². The maximum atomic E-state index is 12.4. The second kappa shape index (κ2) is 7.90. The van der Waals surface area contributed by atoms with Crippen molar-refractivity contribution >= 4 is 22.8 Å². The van der Waals surface area contributed by atoms with Gasteiger partial charge >= 0.3 is 11.9 Å². The number of esters is 2. The van der Waals surface area contributed by atoms with Crippen LogP contribution in [0.25, 0.3) is 10.9 Å². The predicted molar refractivity (Wildman–Crippen MR) is 98.3 cm³/mol. The molecule has 3 aromatic rings. The monoisotopic (exact) mass is 365 g/mol. The number of carbonyl (C=O) groups is 2. The van der Waals surface area contributed by atoms with E-state index in [2.05, 4.69) is 15.2 Å². The molecule has 3 rings (SSSR count). The van der Waals surface area contributed by atoms with E-state index in [1.54, 1.807) is 43.3 Å². The third-order valence-corrected chi connectivity index (χ3v) is 4.13. The lowest BCUT2D eigenvalue weighted by Gasteiger charge is -2.08. The molecule has 0 aliphatic rings. The molecule has 0 N–H and O–H groups in total. The third kappa shape index (κ3) is 4.08. The van der Waals surface area contributed by atoms with Gasteiger partial charge in [-0.05, 0) is 56.7 Å². The fraction of sp³-hybridized carbons (Fsp3) is 0.250. The van der Waals surface area contributed by atoms with Gasteiger partial charge in [-0.1, -0.05) is 6.07 Å². The van der Waals surface area contributed by atoms with Crippen molar-refractivity contribution < 1.29 is 19.1 Å². The molecule has 7 heteroatoms. The van der Waals surface area contributed by atoms with Crippen LogP contribution in [-0.2, 0) is 16.1 Å². The lowest BCUT2D eigenvalue weighted by Crippen LogP contribution is -2.10. The minimum Gasteiger partial charge on any atom is -0.461 e. The van der Waals surface area contributed by atoms with Crippen LogP contribution in [0.3, 0.4) is 0 Å². The molecule has 0 bridgehead atoms. The van der Waals surface area contributed by atoms with Crippen LogP contribution >= 0.6 is 0 Å². The zero-order valence-corrected chi connectivity index (χ0v) is 15.4. The van der Waals surface area contributed by atoms with Crippen molar-refractivity contribution in [2.45, 2.75) is 27.4 Å². The van der Waals surface area contributed by atoms with Gasteiger partial charge in [0.2, 0.25) is 0 Å². The quantitative estimate of drug-likeness (QED) is 0.641. The van der Waals surface area contributed by atoms with Gasteiger partial charge in [0.15, 0.2) is 0 Å². The van der Waals surface area contributed by atoms with Crippen LogP contribution in [0.2, 0.25) is 0 Å². The Morgan fingerprint density at radius 2 is 1.81 bits per heavy atom. The van der Waals surface area contributed by atoms with Gasteiger partial charge in [-0.15, -0.1) is 0 Å². The second-order valence-corrected chi connectivity index (χ2v) is 5.95. The average molecular weight is 365 g/mol. The molecule has 0 aliphatic carbocycles. The topological polar surface area (TPSA) is 91.3 Å². The number of pyridine rings is 1. The number of carbonyl (C=O) groups excluding carboxylic acids is 2. The van der Waals surface area contributed by atoms with Crippen LogP contribution in [-0.4, -0.2) is 33.7 Å². The van der Waals surface area contributed by atoms with Crippen molar-refractivity contribution in [3.8, 4) is 0 Å². The highest BCUT2D eigenvalue weighted by Crippen LogP contribution is 2.20. The van der Waals surface area contributed by atoms with E-state index in [-0.39, 0.29) is 18.9 Å². The summed E-state index contributed by atoms with van der Waals surface area (Å²) >= 11 is 0. The van der Waals surface area contributed by atoms with Gasteiger partial charge in [-0.2, -0.15) is 10.2 Å². The second-order valence-electron chi connectivity index (χ2n) is 5.95. The van der Waals surface area contributed by atoms with Crippen LogP contribution in [0.1, 0.15) is 44.7 Å². The molecule has 0 saturated carbocycles. The zero-order valence-electron chi connectivity index (χ0n) is 15.4. The summed E-state index contributed by atoms with van der Waals surface area (Å²) in [5.74, 6) is -0.985. The number of benzene rings is 1. The van der Waals surface area contributed by atoms with E-state index in [9.17, 15) is 9.59 Å². The smallest absolute Gasteiger partial charge is 0.356 e. The Morgan fingerprint density at radius 1 is 1.00 bits per heavy atom.